The number of carbonyl (C=O) groups excluding carboxylic acids is 1. The van der Waals surface area contributed by atoms with Crippen LogP contribution in [-0.2, 0) is 0 Å². The summed E-state index contributed by atoms with van der Waals surface area (Å²) in [6.45, 7) is 0. The van der Waals surface area contributed by atoms with Crippen molar-refractivity contribution in [2.24, 2.45) is 5.73 Å². The quantitative estimate of drug-likeness (QED) is 0.856. The zero-order chi connectivity index (χ0) is 10.7. The molecule has 0 aliphatic heterocycles. The summed E-state index contributed by atoms with van der Waals surface area (Å²) in [7, 11) is 0. The van der Waals surface area contributed by atoms with Crippen molar-refractivity contribution in [3.63, 3.8) is 0 Å². The van der Waals surface area contributed by atoms with Crippen LogP contribution in [0.15, 0.2) is 16.8 Å². The highest BCUT2D eigenvalue weighted by atomic mass is 35.5. The highest BCUT2D eigenvalue weighted by Crippen LogP contribution is 2.17. The fourth-order valence-corrected chi connectivity index (χ4v) is 2.56. The summed E-state index contributed by atoms with van der Waals surface area (Å²) in [5.41, 5.74) is 6.58. The van der Waals surface area contributed by atoms with Crippen LogP contribution in [0.3, 0.4) is 0 Å². The van der Waals surface area contributed by atoms with Crippen molar-refractivity contribution in [2.45, 2.75) is 37.8 Å². The third-order valence-corrected chi connectivity index (χ3v) is 3.57. The average Bonchev–Trinajstić information content (AvgIpc) is 2.74. The largest absolute Gasteiger partial charge is 0.349 e. The lowest BCUT2D eigenvalue weighted by Gasteiger charge is -2.26. The molecule has 1 amide bonds. The van der Waals surface area contributed by atoms with E-state index in [1.54, 1.807) is 11.3 Å². The third kappa shape index (κ3) is 3.47. The van der Waals surface area contributed by atoms with E-state index in [1.807, 2.05) is 16.8 Å². The van der Waals surface area contributed by atoms with Gasteiger partial charge < -0.3 is 11.1 Å². The Morgan fingerprint density at radius 1 is 1.38 bits per heavy atom. The zero-order valence-electron chi connectivity index (χ0n) is 9.02. The first-order valence-corrected chi connectivity index (χ1v) is 6.28. The van der Waals surface area contributed by atoms with Gasteiger partial charge in [0.25, 0.3) is 5.91 Å². The molecule has 1 aromatic rings. The molecule has 2 rings (SSSR count). The molecule has 5 heteroatoms. The van der Waals surface area contributed by atoms with Gasteiger partial charge in [0.15, 0.2) is 0 Å². The van der Waals surface area contributed by atoms with Crippen molar-refractivity contribution < 1.29 is 4.79 Å². The average molecular weight is 261 g/mol. The summed E-state index contributed by atoms with van der Waals surface area (Å²) in [6.07, 6.45) is 4.07. The van der Waals surface area contributed by atoms with Gasteiger partial charge in [-0.3, -0.25) is 4.79 Å². The van der Waals surface area contributed by atoms with E-state index in [-0.39, 0.29) is 18.3 Å². The van der Waals surface area contributed by atoms with Gasteiger partial charge in [0.2, 0.25) is 0 Å². The highest BCUT2D eigenvalue weighted by molar-refractivity contribution is 7.08. The predicted octanol–water partition coefficient (Wildman–Crippen LogP) is 2.17. The summed E-state index contributed by atoms with van der Waals surface area (Å²) in [5, 5.41) is 6.86. The Morgan fingerprint density at radius 3 is 2.62 bits per heavy atom. The molecule has 1 fully saturated rings. The van der Waals surface area contributed by atoms with Crippen molar-refractivity contribution >= 4 is 29.7 Å². The second-order valence-corrected chi connectivity index (χ2v) is 4.88. The number of nitrogens with two attached hydrogens (primary N) is 1. The van der Waals surface area contributed by atoms with Crippen LogP contribution in [0.1, 0.15) is 36.0 Å². The van der Waals surface area contributed by atoms with Crippen LogP contribution in [0.25, 0.3) is 0 Å². The summed E-state index contributed by atoms with van der Waals surface area (Å²) >= 11 is 1.55. The van der Waals surface area contributed by atoms with E-state index < -0.39 is 0 Å². The molecule has 1 saturated carbocycles. The monoisotopic (exact) mass is 260 g/mol. The molecule has 0 spiro atoms. The van der Waals surface area contributed by atoms with Crippen LogP contribution in [0.4, 0.5) is 0 Å². The number of carbonyl (C=O) groups is 1. The molecule has 0 saturated heterocycles. The van der Waals surface area contributed by atoms with E-state index in [9.17, 15) is 4.79 Å². The summed E-state index contributed by atoms with van der Waals surface area (Å²) < 4.78 is 0. The van der Waals surface area contributed by atoms with Crippen molar-refractivity contribution in [2.75, 3.05) is 0 Å². The molecule has 0 bridgehead atoms. The Hall–Kier alpha value is -0.580. The maximum atomic E-state index is 11.7. The number of amides is 1. The summed E-state index contributed by atoms with van der Waals surface area (Å²) in [5.74, 6) is 0.0525. The minimum Gasteiger partial charge on any atom is -0.349 e. The van der Waals surface area contributed by atoms with Gasteiger partial charge in [0.1, 0.15) is 0 Å². The first kappa shape index (κ1) is 13.5. The number of rotatable bonds is 2. The van der Waals surface area contributed by atoms with Gasteiger partial charge in [0, 0.05) is 23.0 Å². The van der Waals surface area contributed by atoms with Gasteiger partial charge in [-0.15, -0.1) is 12.4 Å². The van der Waals surface area contributed by atoms with Gasteiger partial charge in [-0.05, 0) is 37.1 Å². The number of hydrogen-bond donors (Lipinski definition) is 2. The summed E-state index contributed by atoms with van der Waals surface area (Å²) in [6, 6.07) is 2.51. The van der Waals surface area contributed by atoms with E-state index >= 15 is 0 Å². The molecule has 90 valence electrons. The molecule has 1 heterocycles. The fourth-order valence-electron chi connectivity index (χ4n) is 1.93. The van der Waals surface area contributed by atoms with Crippen molar-refractivity contribution in [3.8, 4) is 0 Å². The molecule has 0 aromatic carbocycles. The lowest BCUT2D eigenvalue weighted by atomic mass is 9.92. The predicted molar refractivity (Wildman–Crippen MR) is 69.3 cm³/mol. The molecule has 0 unspecified atom stereocenters. The van der Waals surface area contributed by atoms with Crippen LogP contribution in [0.2, 0.25) is 0 Å². The van der Waals surface area contributed by atoms with E-state index in [0.717, 1.165) is 31.2 Å². The second-order valence-electron chi connectivity index (χ2n) is 4.10. The van der Waals surface area contributed by atoms with Gasteiger partial charge >= 0.3 is 0 Å². The lowest BCUT2D eigenvalue weighted by Crippen LogP contribution is -2.40. The first-order chi connectivity index (χ1) is 7.25. The molecular formula is C11H17ClN2OS. The molecular weight excluding hydrogens is 244 g/mol. The van der Waals surface area contributed by atoms with Crippen LogP contribution in [-0.4, -0.2) is 18.0 Å². The Bertz CT molecular complexity index is 321. The number of nitrogens with one attached hydrogen (secondary N) is 1. The molecule has 1 aliphatic rings. The SMILES string of the molecule is Cl.NC1CCC(NC(=O)c2ccsc2)CC1. The second kappa shape index (κ2) is 6.23. The van der Waals surface area contributed by atoms with Gasteiger partial charge in [-0.1, -0.05) is 0 Å². The number of halogens is 1. The maximum Gasteiger partial charge on any atom is 0.252 e. The molecule has 16 heavy (non-hydrogen) atoms. The molecule has 1 aromatic heterocycles. The van der Waals surface area contributed by atoms with E-state index in [0.29, 0.717) is 12.1 Å². The zero-order valence-corrected chi connectivity index (χ0v) is 10.7. The Labute approximate surface area is 106 Å². The van der Waals surface area contributed by atoms with Crippen LogP contribution < -0.4 is 11.1 Å². The first-order valence-electron chi connectivity index (χ1n) is 5.34. The number of hydrogen-bond acceptors (Lipinski definition) is 3. The van der Waals surface area contributed by atoms with Crippen LogP contribution in [0, 0.1) is 0 Å². The Morgan fingerprint density at radius 2 is 2.06 bits per heavy atom. The van der Waals surface area contributed by atoms with E-state index in [4.69, 9.17) is 5.73 Å². The topological polar surface area (TPSA) is 55.1 Å². The van der Waals surface area contributed by atoms with Crippen molar-refractivity contribution in [3.05, 3.63) is 22.4 Å². The molecule has 1 aliphatic carbocycles. The van der Waals surface area contributed by atoms with Crippen molar-refractivity contribution in [1.29, 1.82) is 0 Å². The van der Waals surface area contributed by atoms with E-state index in [1.165, 1.54) is 0 Å². The van der Waals surface area contributed by atoms with Gasteiger partial charge in [0.05, 0.1) is 0 Å². The van der Waals surface area contributed by atoms with Crippen LogP contribution in [0.5, 0.6) is 0 Å². The fraction of sp³-hybridized carbons (Fsp3) is 0.545. The summed E-state index contributed by atoms with van der Waals surface area (Å²) in [4.78, 5) is 11.7. The van der Waals surface area contributed by atoms with Crippen molar-refractivity contribution in [1.82, 2.24) is 5.32 Å². The maximum absolute atomic E-state index is 11.7. The van der Waals surface area contributed by atoms with Gasteiger partial charge in [-0.25, -0.2) is 0 Å². The third-order valence-electron chi connectivity index (χ3n) is 2.89. The molecule has 3 nitrogen and oxygen atoms in total. The van der Waals surface area contributed by atoms with Gasteiger partial charge in [-0.2, -0.15) is 11.3 Å². The van der Waals surface area contributed by atoms with Crippen LogP contribution >= 0.6 is 23.7 Å². The normalized spacial score (nSPS) is 24.6. The standard InChI is InChI=1S/C11H16N2OS.ClH/c12-9-1-3-10(4-2-9)13-11(14)8-5-6-15-7-8;/h5-7,9-10H,1-4,12H2,(H,13,14);1H. The Balaban J connectivity index is 0.00000128. The molecule has 3 N–H and O–H groups in total. The minimum absolute atomic E-state index is 0. The van der Waals surface area contributed by atoms with E-state index in [2.05, 4.69) is 5.32 Å². The Kier molecular flexibility index (Phi) is 5.25. The number of thiophene rings is 1. The smallest absolute Gasteiger partial charge is 0.252 e. The lowest BCUT2D eigenvalue weighted by molar-refractivity contribution is 0.0926. The molecule has 0 atom stereocenters. The molecule has 0 radical (unpaired) electrons. The highest BCUT2D eigenvalue weighted by Gasteiger charge is 2.20. The minimum atomic E-state index is 0.